The third-order valence-corrected chi connectivity index (χ3v) is 7.05. The minimum atomic E-state index is -5.08. The van der Waals surface area contributed by atoms with Crippen molar-refractivity contribution in [3.63, 3.8) is 0 Å². The molecule has 1 aromatic carbocycles. The Morgan fingerprint density at radius 3 is 2.41 bits per heavy atom. The highest BCUT2D eigenvalue weighted by Crippen LogP contribution is 2.26. The Kier molecular flexibility index (Phi) is 11.3. The van der Waals surface area contributed by atoms with Gasteiger partial charge in [0.2, 0.25) is 11.9 Å². The van der Waals surface area contributed by atoms with Gasteiger partial charge < -0.3 is 25.1 Å². The second-order valence-electron chi connectivity index (χ2n) is 10.5. The summed E-state index contributed by atoms with van der Waals surface area (Å²) in [5, 5.41) is 11.0. The number of piperidine rings is 1. The van der Waals surface area contributed by atoms with Gasteiger partial charge in [-0.25, -0.2) is 9.78 Å². The van der Waals surface area contributed by atoms with Crippen LogP contribution in [0.1, 0.15) is 37.8 Å². The summed E-state index contributed by atoms with van der Waals surface area (Å²) in [6.07, 6.45) is 4.34. The first-order chi connectivity index (χ1) is 20.7. The highest BCUT2D eigenvalue weighted by atomic mass is 19.4. The number of likely N-dealkylation sites (N-methyl/N-ethyl adjacent to an activating group) is 2. The van der Waals surface area contributed by atoms with Gasteiger partial charge in [-0.1, -0.05) is 12.8 Å². The third kappa shape index (κ3) is 8.70. The molecular weight excluding hydrogens is 579 g/mol. The average Bonchev–Trinajstić information content (AvgIpc) is 2.99. The fourth-order valence-corrected chi connectivity index (χ4v) is 4.68. The number of carboxylic acid groups (broad SMARTS) is 1. The molecule has 4 rings (SSSR count). The van der Waals surface area contributed by atoms with E-state index in [9.17, 15) is 22.8 Å². The summed E-state index contributed by atoms with van der Waals surface area (Å²) in [5.41, 5.74) is 2.68. The van der Waals surface area contributed by atoms with Crippen LogP contribution in [0, 0.1) is 12.3 Å². The molecule has 0 radical (unpaired) electrons. The first-order valence-electron chi connectivity index (χ1n) is 13.9. The lowest BCUT2D eigenvalue weighted by atomic mass is 10.0. The van der Waals surface area contributed by atoms with E-state index in [1.165, 1.54) is 6.07 Å². The maximum absolute atomic E-state index is 13.2. The van der Waals surface area contributed by atoms with Crippen LogP contribution in [0.4, 0.5) is 30.5 Å². The maximum atomic E-state index is 13.2. The number of amides is 1. The van der Waals surface area contributed by atoms with Gasteiger partial charge in [0, 0.05) is 68.8 Å². The number of aliphatic carboxylic acids is 1. The van der Waals surface area contributed by atoms with Gasteiger partial charge in [0.15, 0.2) is 0 Å². The summed E-state index contributed by atoms with van der Waals surface area (Å²) >= 11 is 0. The van der Waals surface area contributed by atoms with Crippen molar-refractivity contribution in [2.75, 3.05) is 57.5 Å². The molecule has 1 aliphatic heterocycles. The van der Waals surface area contributed by atoms with Crippen molar-refractivity contribution in [1.82, 2.24) is 24.3 Å². The lowest BCUT2D eigenvalue weighted by Gasteiger charge is -2.34. The van der Waals surface area contributed by atoms with Crippen molar-refractivity contribution >= 4 is 40.2 Å². The van der Waals surface area contributed by atoms with Crippen LogP contribution in [0.2, 0.25) is 0 Å². The molecule has 14 heteroatoms. The molecule has 2 N–H and O–H groups in total. The van der Waals surface area contributed by atoms with Crippen LogP contribution >= 0.6 is 0 Å². The zero-order valence-electron chi connectivity index (χ0n) is 25.1. The molecule has 0 saturated carbocycles. The number of carboxylic acids is 1. The Hall–Kier alpha value is -4.64. The van der Waals surface area contributed by atoms with Crippen molar-refractivity contribution < 1.29 is 27.9 Å². The Balaban J connectivity index is 0.000000676. The summed E-state index contributed by atoms with van der Waals surface area (Å²) in [4.78, 5) is 49.9. The Bertz CT molecular complexity index is 1570. The number of hydrogen-bond acceptors (Lipinski definition) is 8. The number of rotatable bonds is 8. The fourth-order valence-electron chi connectivity index (χ4n) is 4.68. The third-order valence-electron chi connectivity index (χ3n) is 7.05. The predicted molar refractivity (Wildman–Crippen MR) is 162 cm³/mol. The highest BCUT2D eigenvalue weighted by molar-refractivity contribution is 5.83. The molecule has 0 spiro atoms. The molecule has 11 nitrogen and oxygen atoms in total. The van der Waals surface area contributed by atoms with E-state index >= 15 is 0 Å². The first kappa shape index (κ1) is 33.9. The summed E-state index contributed by atoms with van der Waals surface area (Å²) in [5.74, 6) is 0.306. The number of carbonyl (C=O) groups excluding carboxylic acids is 1. The van der Waals surface area contributed by atoms with Crippen LogP contribution in [0.3, 0.4) is 0 Å². The molecule has 2 aromatic heterocycles. The van der Waals surface area contributed by atoms with E-state index < -0.39 is 12.1 Å². The number of hydrogen-bond donors (Lipinski definition) is 2. The zero-order chi connectivity index (χ0) is 32.6. The van der Waals surface area contributed by atoms with Crippen LogP contribution in [-0.4, -0.2) is 94.8 Å². The quantitative estimate of drug-likeness (QED) is 0.365. The SMILES string of the molecule is C#Cc1cc(=O)n(C2CCCN(C(=O)CC)C2)c2nc(Nc3ccc(N(C)CCN(C)C)cc3)ncc12.O=C(O)C(F)(F)F. The Morgan fingerprint density at radius 1 is 1.18 bits per heavy atom. The number of halogens is 3. The summed E-state index contributed by atoms with van der Waals surface area (Å²) < 4.78 is 33.4. The van der Waals surface area contributed by atoms with Crippen molar-refractivity contribution in [2.24, 2.45) is 0 Å². The van der Waals surface area contributed by atoms with E-state index in [1.54, 1.807) is 10.8 Å². The van der Waals surface area contributed by atoms with Crippen LogP contribution < -0.4 is 15.8 Å². The van der Waals surface area contributed by atoms with Gasteiger partial charge in [-0.15, -0.1) is 6.42 Å². The van der Waals surface area contributed by atoms with Gasteiger partial charge in [0.25, 0.3) is 5.56 Å². The number of anilines is 3. The lowest BCUT2D eigenvalue weighted by Crippen LogP contribution is -2.42. The molecule has 44 heavy (non-hydrogen) atoms. The smallest absolute Gasteiger partial charge is 0.475 e. The van der Waals surface area contributed by atoms with Crippen LogP contribution in [0.25, 0.3) is 11.0 Å². The number of alkyl halides is 3. The van der Waals surface area contributed by atoms with Gasteiger partial charge in [0.1, 0.15) is 5.65 Å². The van der Waals surface area contributed by atoms with Crippen molar-refractivity contribution in [3.8, 4) is 12.3 Å². The van der Waals surface area contributed by atoms with Gasteiger partial charge in [-0.2, -0.15) is 18.2 Å². The number of terminal acetylenes is 1. The molecule has 1 aliphatic rings. The Labute approximate surface area is 253 Å². The summed E-state index contributed by atoms with van der Waals surface area (Å²) in [6.45, 7) is 4.93. The first-order valence-corrected chi connectivity index (χ1v) is 13.9. The van der Waals surface area contributed by atoms with Crippen molar-refractivity contribution in [1.29, 1.82) is 0 Å². The lowest BCUT2D eigenvalue weighted by molar-refractivity contribution is -0.192. The standard InChI is InChI=1S/C28H35N7O2.C2HF3O2/c1-6-20-17-26(37)35(23-9-8-14-34(19-23)25(36)7-2)27-24(20)18-29-28(31-27)30-21-10-12-22(13-11-21)33(5)16-15-32(3)4;3-2(4,5)1(6)7/h1,10-13,17-18,23H,7-9,14-16,19H2,2-5H3,(H,29,30,31);(H,6,7). The molecule has 0 aliphatic carbocycles. The fraction of sp³-hybridized carbons (Fsp3) is 0.433. The largest absolute Gasteiger partial charge is 0.490 e. The molecule has 1 saturated heterocycles. The normalized spacial score (nSPS) is 14.9. The molecule has 3 aromatic rings. The monoisotopic (exact) mass is 615 g/mol. The predicted octanol–water partition coefficient (Wildman–Crippen LogP) is 3.72. The zero-order valence-corrected chi connectivity index (χ0v) is 25.1. The number of nitrogens with one attached hydrogen (secondary N) is 1. The second kappa shape index (κ2) is 14.7. The number of benzene rings is 1. The molecule has 1 amide bonds. The minimum Gasteiger partial charge on any atom is -0.475 e. The number of likely N-dealkylation sites (tertiary alicyclic amines) is 1. The average molecular weight is 616 g/mol. The number of carbonyl (C=O) groups is 2. The molecule has 236 valence electrons. The van der Waals surface area contributed by atoms with Gasteiger partial charge in [0.05, 0.1) is 11.4 Å². The van der Waals surface area contributed by atoms with Gasteiger partial charge >= 0.3 is 12.1 Å². The molecule has 3 heterocycles. The number of pyridine rings is 1. The maximum Gasteiger partial charge on any atom is 0.490 e. The summed E-state index contributed by atoms with van der Waals surface area (Å²) in [7, 11) is 6.19. The van der Waals surface area contributed by atoms with Gasteiger partial charge in [-0.3, -0.25) is 14.2 Å². The summed E-state index contributed by atoms with van der Waals surface area (Å²) in [6, 6.07) is 9.35. The second-order valence-corrected chi connectivity index (χ2v) is 10.5. The van der Waals surface area contributed by atoms with E-state index in [2.05, 4.69) is 47.2 Å². The van der Waals surface area contributed by atoms with E-state index in [0.29, 0.717) is 42.1 Å². The van der Waals surface area contributed by atoms with Crippen LogP contribution in [-0.2, 0) is 9.59 Å². The van der Waals surface area contributed by atoms with E-state index in [1.807, 2.05) is 36.1 Å². The van der Waals surface area contributed by atoms with E-state index in [4.69, 9.17) is 21.3 Å². The topological polar surface area (TPSA) is 124 Å². The molecule has 1 fully saturated rings. The minimum absolute atomic E-state index is 0.0927. The molecule has 0 bridgehead atoms. The van der Waals surface area contributed by atoms with Gasteiger partial charge in [-0.05, 0) is 51.2 Å². The van der Waals surface area contributed by atoms with Crippen molar-refractivity contribution in [2.45, 2.75) is 38.4 Å². The molecule has 1 atom stereocenters. The van der Waals surface area contributed by atoms with Crippen LogP contribution in [0.5, 0.6) is 0 Å². The number of fused-ring (bicyclic) bond motifs is 1. The highest BCUT2D eigenvalue weighted by Gasteiger charge is 2.38. The molecular formula is C30H36F3N7O4. The number of nitrogens with zero attached hydrogens (tertiary/aromatic N) is 6. The van der Waals surface area contributed by atoms with Crippen molar-refractivity contribution in [3.05, 3.63) is 52.4 Å². The van der Waals surface area contributed by atoms with Crippen LogP contribution in [0.15, 0.2) is 41.3 Å². The van der Waals surface area contributed by atoms with E-state index in [0.717, 1.165) is 37.3 Å². The number of aromatic nitrogens is 3. The van der Waals surface area contributed by atoms with E-state index in [-0.39, 0.29) is 17.5 Å². The Morgan fingerprint density at radius 2 is 1.84 bits per heavy atom. The molecule has 1 unspecified atom stereocenters.